The normalized spacial score (nSPS) is 12.5. The topological polar surface area (TPSA) is 63.3 Å². The smallest absolute Gasteiger partial charge is 0.325 e. The molecular formula is C10H13NO2. The van der Waals surface area contributed by atoms with E-state index in [0.29, 0.717) is 5.56 Å². The predicted molar refractivity (Wildman–Crippen MR) is 50.5 cm³/mol. The summed E-state index contributed by atoms with van der Waals surface area (Å²) >= 11 is 0. The van der Waals surface area contributed by atoms with Crippen molar-refractivity contribution in [2.75, 3.05) is 0 Å². The second-order valence-electron chi connectivity index (χ2n) is 3.18. The summed E-state index contributed by atoms with van der Waals surface area (Å²) in [5.41, 5.74) is 8.20. The minimum Gasteiger partial charge on any atom is -0.480 e. The Morgan fingerprint density at radius 1 is 1.46 bits per heavy atom. The maximum absolute atomic E-state index is 10.6. The van der Waals surface area contributed by atoms with Crippen LogP contribution in [0.2, 0.25) is 0 Å². The summed E-state index contributed by atoms with van der Waals surface area (Å²) in [5.74, 6) is -0.994. The van der Waals surface area contributed by atoms with Crippen LogP contribution in [0.4, 0.5) is 0 Å². The molecule has 0 aliphatic rings. The fourth-order valence-corrected chi connectivity index (χ4v) is 1.31. The molecule has 70 valence electrons. The van der Waals surface area contributed by atoms with Crippen molar-refractivity contribution in [2.24, 2.45) is 5.73 Å². The molecule has 0 bridgehead atoms. The average Bonchev–Trinajstić information content (AvgIpc) is 2.03. The van der Waals surface area contributed by atoms with Crippen LogP contribution in [0.5, 0.6) is 0 Å². The molecule has 0 saturated heterocycles. The number of carboxylic acid groups (broad SMARTS) is 1. The van der Waals surface area contributed by atoms with Crippen LogP contribution >= 0.6 is 0 Å². The van der Waals surface area contributed by atoms with Crippen LogP contribution in [-0.2, 0) is 4.79 Å². The van der Waals surface area contributed by atoms with Gasteiger partial charge in [0.1, 0.15) is 6.04 Å². The summed E-state index contributed by atoms with van der Waals surface area (Å²) in [4.78, 5) is 10.6. The number of carboxylic acids is 1. The van der Waals surface area contributed by atoms with Crippen molar-refractivity contribution < 1.29 is 9.90 Å². The van der Waals surface area contributed by atoms with Crippen LogP contribution in [0.15, 0.2) is 18.2 Å². The molecule has 1 aromatic rings. The molecule has 3 heteroatoms. The standard InChI is InChI=1S/C10H13NO2/c1-6-3-4-8(7(2)5-6)9(11)10(12)13/h3-5,9H,11H2,1-2H3,(H,12,13). The minimum absolute atomic E-state index is 0.679. The third-order valence-corrected chi connectivity index (χ3v) is 2.03. The molecule has 0 saturated carbocycles. The molecular weight excluding hydrogens is 166 g/mol. The van der Waals surface area contributed by atoms with E-state index in [9.17, 15) is 4.79 Å². The number of benzene rings is 1. The van der Waals surface area contributed by atoms with E-state index in [2.05, 4.69) is 0 Å². The summed E-state index contributed by atoms with van der Waals surface area (Å²) in [6.45, 7) is 3.83. The Kier molecular flexibility index (Phi) is 2.68. The lowest BCUT2D eigenvalue weighted by atomic mass is 10.00. The van der Waals surface area contributed by atoms with Gasteiger partial charge in [0.05, 0.1) is 0 Å². The van der Waals surface area contributed by atoms with Crippen LogP contribution in [0.1, 0.15) is 22.7 Å². The second kappa shape index (κ2) is 3.58. The van der Waals surface area contributed by atoms with Gasteiger partial charge in [0.2, 0.25) is 0 Å². The molecule has 1 aromatic carbocycles. The first kappa shape index (κ1) is 9.74. The maximum atomic E-state index is 10.6. The van der Waals surface area contributed by atoms with Crippen LogP contribution in [0, 0.1) is 13.8 Å². The van der Waals surface area contributed by atoms with E-state index in [0.717, 1.165) is 11.1 Å². The third kappa shape index (κ3) is 2.06. The molecule has 0 amide bonds. The molecule has 0 radical (unpaired) electrons. The molecule has 1 rings (SSSR count). The monoisotopic (exact) mass is 179 g/mol. The zero-order valence-electron chi connectivity index (χ0n) is 7.74. The first-order valence-corrected chi connectivity index (χ1v) is 4.08. The molecule has 3 nitrogen and oxygen atoms in total. The van der Waals surface area contributed by atoms with Gasteiger partial charge in [-0.15, -0.1) is 0 Å². The predicted octanol–water partition coefficient (Wildman–Crippen LogP) is 1.39. The van der Waals surface area contributed by atoms with Gasteiger partial charge in [-0.2, -0.15) is 0 Å². The first-order valence-electron chi connectivity index (χ1n) is 4.08. The average molecular weight is 179 g/mol. The van der Waals surface area contributed by atoms with Gasteiger partial charge in [-0.1, -0.05) is 23.8 Å². The lowest BCUT2D eigenvalue weighted by Gasteiger charge is -2.10. The Morgan fingerprint density at radius 2 is 2.08 bits per heavy atom. The first-order chi connectivity index (χ1) is 6.02. The molecule has 0 aliphatic carbocycles. The highest BCUT2D eigenvalue weighted by molar-refractivity contribution is 5.75. The Bertz CT molecular complexity index is 334. The van der Waals surface area contributed by atoms with Gasteiger partial charge in [0, 0.05) is 0 Å². The molecule has 1 atom stereocenters. The van der Waals surface area contributed by atoms with Crippen LogP contribution in [0.3, 0.4) is 0 Å². The molecule has 3 N–H and O–H groups in total. The number of aryl methyl sites for hydroxylation is 2. The SMILES string of the molecule is Cc1ccc(C(N)C(=O)O)c(C)c1. The molecule has 0 aromatic heterocycles. The fourth-order valence-electron chi connectivity index (χ4n) is 1.31. The fraction of sp³-hybridized carbons (Fsp3) is 0.300. The van der Waals surface area contributed by atoms with E-state index < -0.39 is 12.0 Å². The van der Waals surface area contributed by atoms with E-state index in [4.69, 9.17) is 10.8 Å². The Balaban J connectivity index is 3.08. The van der Waals surface area contributed by atoms with Crippen molar-refractivity contribution in [2.45, 2.75) is 19.9 Å². The van der Waals surface area contributed by atoms with E-state index in [-0.39, 0.29) is 0 Å². The zero-order chi connectivity index (χ0) is 10.0. The van der Waals surface area contributed by atoms with Crippen LogP contribution in [0.25, 0.3) is 0 Å². The highest BCUT2D eigenvalue weighted by atomic mass is 16.4. The summed E-state index contributed by atoms with van der Waals surface area (Å²) in [7, 11) is 0. The molecule has 0 aliphatic heterocycles. The Labute approximate surface area is 77.2 Å². The van der Waals surface area contributed by atoms with Gasteiger partial charge >= 0.3 is 5.97 Å². The number of nitrogens with two attached hydrogens (primary N) is 1. The van der Waals surface area contributed by atoms with Gasteiger partial charge in [-0.3, -0.25) is 4.79 Å². The largest absolute Gasteiger partial charge is 0.480 e. The number of hydrogen-bond donors (Lipinski definition) is 2. The number of rotatable bonds is 2. The quantitative estimate of drug-likeness (QED) is 0.721. The molecule has 1 unspecified atom stereocenters. The van der Waals surface area contributed by atoms with Crippen molar-refractivity contribution in [3.05, 3.63) is 34.9 Å². The van der Waals surface area contributed by atoms with Crippen LogP contribution < -0.4 is 5.73 Å². The third-order valence-electron chi connectivity index (χ3n) is 2.03. The lowest BCUT2D eigenvalue weighted by molar-refractivity contribution is -0.138. The summed E-state index contributed by atoms with van der Waals surface area (Å²) in [6, 6.07) is 4.65. The Hall–Kier alpha value is -1.35. The van der Waals surface area contributed by atoms with Gasteiger partial charge < -0.3 is 10.8 Å². The van der Waals surface area contributed by atoms with Crippen LogP contribution in [-0.4, -0.2) is 11.1 Å². The summed E-state index contributed by atoms with van der Waals surface area (Å²) in [6.07, 6.45) is 0. The van der Waals surface area contributed by atoms with Crippen molar-refractivity contribution in [3.8, 4) is 0 Å². The highest BCUT2D eigenvalue weighted by Crippen LogP contribution is 2.16. The van der Waals surface area contributed by atoms with Crippen molar-refractivity contribution >= 4 is 5.97 Å². The van der Waals surface area contributed by atoms with Gasteiger partial charge in [-0.05, 0) is 25.0 Å². The zero-order valence-corrected chi connectivity index (χ0v) is 7.74. The number of hydrogen-bond acceptors (Lipinski definition) is 2. The summed E-state index contributed by atoms with van der Waals surface area (Å²) in [5, 5.41) is 8.70. The van der Waals surface area contributed by atoms with Crippen molar-refractivity contribution in [3.63, 3.8) is 0 Å². The van der Waals surface area contributed by atoms with E-state index in [1.165, 1.54) is 0 Å². The Morgan fingerprint density at radius 3 is 2.54 bits per heavy atom. The minimum atomic E-state index is -0.994. The molecule has 13 heavy (non-hydrogen) atoms. The second-order valence-corrected chi connectivity index (χ2v) is 3.18. The number of aliphatic carboxylic acids is 1. The maximum Gasteiger partial charge on any atom is 0.325 e. The van der Waals surface area contributed by atoms with Crippen molar-refractivity contribution in [1.82, 2.24) is 0 Å². The summed E-state index contributed by atoms with van der Waals surface area (Å²) < 4.78 is 0. The lowest BCUT2D eigenvalue weighted by Crippen LogP contribution is -2.21. The highest BCUT2D eigenvalue weighted by Gasteiger charge is 2.15. The van der Waals surface area contributed by atoms with Crippen molar-refractivity contribution in [1.29, 1.82) is 0 Å². The van der Waals surface area contributed by atoms with Gasteiger partial charge in [0.25, 0.3) is 0 Å². The van der Waals surface area contributed by atoms with Gasteiger partial charge in [-0.25, -0.2) is 0 Å². The van der Waals surface area contributed by atoms with E-state index in [1.54, 1.807) is 6.07 Å². The molecule has 0 spiro atoms. The van der Waals surface area contributed by atoms with E-state index in [1.807, 2.05) is 26.0 Å². The molecule has 0 fully saturated rings. The molecule has 0 heterocycles. The van der Waals surface area contributed by atoms with E-state index >= 15 is 0 Å². The number of carbonyl (C=O) groups is 1. The van der Waals surface area contributed by atoms with Gasteiger partial charge in [0.15, 0.2) is 0 Å².